The van der Waals surface area contributed by atoms with Gasteiger partial charge in [0.05, 0.1) is 6.54 Å². The Labute approximate surface area is 127 Å². The molecule has 20 heavy (non-hydrogen) atoms. The Balaban J connectivity index is 2.29. The lowest BCUT2D eigenvalue weighted by Gasteiger charge is -2.42. The molecular formula is C15H19BrN2O2. The van der Waals surface area contributed by atoms with Crippen LogP contribution >= 0.6 is 15.9 Å². The summed E-state index contributed by atoms with van der Waals surface area (Å²) in [6.07, 6.45) is 0. The lowest BCUT2D eigenvalue weighted by molar-refractivity contribution is -0.150. The van der Waals surface area contributed by atoms with E-state index in [-0.39, 0.29) is 23.8 Å². The normalized spacial score (nSPS) is 20.0. The van der Waals surface area contributed by atoms with E-state index in [4.69, 9.17) is 0 Å². The Morgan fingerprint density at radius 1 is 1.35 bits per heavy atom. The van der Waals surface area contributed by atoms with Crippen molar-refractivity contribution in [2.75, 3.05) is 6.54 Å². The number of carbonyl (C=O) groups excluding carboxylic acids is 2. The highest BCUT2D eigenvalue weighted by molar-refractivity contribution is 9.10. The molecule has 1 aliphatic heterocycles. The minimum absolute atomic E-state index is 0.0375. The van der Waals surface area contributed by atoms with Crippen molar-refractivity contribution in [3.63, 3.8) is 0 Å². The molecule has 1 aromatic rings. The Morgan fingerprint density at radius 3 is 2.65 bits per heavy atom. The average molecular weight is 339 g/mol. The molecule has 4 nitrogen and oxygen atoms in total. The molecule has 0 aromatic heterocycles. The number of carbonyl (C=O) groups is 2. The van der Waals surface area contributed by atoms with Gasteiger partial charge in [-0.2, -0.15) is 0 Å². The van der Waals surface area contributed by atoms with E-state index < -0.39 is 6.04 Å². The molecule has 1 aromatic carbocycles. The number of hydrogen-bond acceptors (Lipinski definition) is 2. The second-order valence-corrected chi connectivity index (χ2v) is 7.05. The molecule has 5 heteroatoms. The molecule has 1 atom stereocenters. The summed E-state index contributed by atoms with van der Waals surface area (Å²) in [5.41, 5.74) is 0.711. The number of hydrogen-bond donors (Lipinski definition) is 1. The highest BCUT2D eigenvalue weighted by Gasteiger charge is 2.41. The van der Waals surface area contributed by atoms with Crippen molar-refractivity contribution in [1.82, 2.24) is 10.2 Å². The predicted octanol–water partition coefficient (Wildman–Crippen LogP) is 2.32. The zero-order valence-electron chi connectivity index (χ0n) is 11.9. The lowest BCUT2D eigenvalue weighted by atomic mass is 9.83. The van der Waals surface area contributed by atoms with Crippen molar-refractivity contribution in [1.29, 1.82) is 0 Å². The Kier molecular flexibility index (Phi) is 4.18. The van der Waals surface area contributed by atoms with Crippen LogP contribution in [-0.2, 0) is 16.1 Å². The molecule has 0 bridgehead atoms. The van der Waals surface area contributed by atoms with E-state index >= 15 is 0 Å². The molecule has 1 N–H and O–H groups in total. The van der Waals surface area contributed by atoms with Crippen LogP contribution in [0.2, 0.25) is 0 Å². The quantitative estimate of drug-likeness (QED) is 0.899. The van der Waals surface area contributed by atoms with Crippen molar-refractivity contribution in [3.05, 3.63) is 34.3 Å². The molecule has 1 unspecified atom stereocenters. The molecule has 0 aliphatic carbocycles. The minimum Gasteiger partial charge on any atom is -0.345 e. The van der Waals surface area contributed by atoms with E-state index in [9.17, 15) is 9.59 Å². The maximum atomic E-state index is 12.2. The van der Waals surface area contributed by atoms with E-state index in [0.717, 1.165) is 10.0 Å². The fourth-order valence-corrected chi connectivity index (χ4v) is 2.97. The molecule has 1 fully saturated rings. The van der Waals surface area contributed by atoms with Crippen molar-refractivity contribution in [2.45, 2.75) is 33.4 Å². The largest absolute Gasteiger partial charge is 0.345 e. The van der Waals surface area contributed by atoms with E-state index in [0.29, 0.717) is 6.54 Å². The van der Waals surface area contributed by atoms with E-state index in [1.165, 1.54) is 0 Å². The van der Waals surface area contributed by atoms with E-state index in [1.54, 1.807) is 4.90 Å². The van der Waals surface area contributed by atoms with Crippen molar-refractivity contribution in [3.8, 4) is 0 Å². The monoisotopic (exact) mass is 338 g/mol. The van der Waals surface area contributed by atoms with E-state index in [2.05, 4.69) is 21.2 Å². The summed E-state index contributed by atoms with van der Waals surface area (Å²) in [6.45, 7) is 6.46. The summed E-state index contributed by atoms with van der Waals surface area (Å²) in [4.78, 5) is 26.0. The highest BCUT2D eigenvalue weighted by Crippen LogP contribution is 2.28. The molecular weight excluding hydrogens is 320 g/mol. The van der Waals surface area contributed by atoms with Gasteiger partial charge in [0.1, 0.15) is 6.04 Å². The molecule has 2 rings (SSSR count). The molecule has 0 saturated carbocycles. The maximum Gasteiger partial charge on any atom is 0.243 e. The summed E-state index contributed by atoms with van der Waals surface area (Å²) in [6, 6.07) is 7.36. The fraction of sp³-hybridized carbons (Fsp3) is 0.467. The van der Waals surface area contributed by atoms with Gasteiger partial charge in [-0.05, 0) is 23.1 Å². The zero-order chi connectivity index (χ0) is 14.9. The molecule has 108 valence electrons. The van der Waals surface area contributed by atoms with Crippen molar-refractivity contribution >= 4 is 27.7 Å². The highest BCUT2D eigenvalue weighted by atomic mass is 79.9. The summed E-state index contributed by atoms with van der Waals surface area (Å²) in [7, 11) is 0. The van der Waals surface area contributed by atoms with Crippen LogP contribution in [0, 0.1) is 5.41 Å². The van der Waals surface area contributed by atoms with Crippen LogP contribution in [0.4, 0.5) is 0 Å². The molecule has 1 heterocycles. The van der Waals surface area contributed by atoms with Crippen LogP contribution in [-0.4, -0.2) is 29.3 Å². The number of amides is 2. The first-order valence-corrected chi connectivity index (χ1v) is 7.40. The summed E-state index contributed by atoms with van der Waals surface area (Å²) >= 11 is 3.43. The summed E-state index contributed by atoms with van der Waals surface area (Å²) in [5.74, 6) is -0.114. The first-order chi connectivity index (χ1) is 9.29. The summed E-state index contributed by atoms with van der Waals surface area (Å²) in [5, 5.41) is 2.68. The van der Waals surface area contributed by atoms with Crippen molar-refractivity contribution in [2.24, 2.45) is 5.41 Å². The van der Waals surface area contributed by atoms with Gasteiger partial charge in [-0.1, -0.05) is 48.8 Å². The number of rotatable bonds is 2. The van der Waals surface area contributed by atoms with Crippen LogP contribution in [0.15, 0.2) is 28.7 Å². The van der Waals surface area contributed by atoms with Gasteiger partial charge in [0.25, 0.3) is 0 Å². The van der Waals surface area contributed by atoms with Gasteiger partial charge in [-0.3, -0.25) is 9.59 Å². The van der Waals surface area contributed by atoms with Gasteiger partial charge >= 0.3 is 0 Å². The SMILES string of the molecule is CC(C)(C)C1C(=O)NCC(=O)N1Cc1cccc(Br)c1. The smallest absolute Gasteiger partial charge is 0.243 e. The maximum absolute atomic E-state index is 12.2. The summed E-state index contributed by atoms with van der Waals surface area (Å²) < 4.78 is 0.969. The van der Waals surface area contributed by atoms with Gasteiger partial charge < -0.3 is 10.2 Å². The number of nitrogens with zero attached hydrogens (tertiary/aromatic N) is 1. The zero-order valence-corrected chi connectivity index (χ0v) is 13.5. The minimum atomic E-state index is -0.442. The number of nitrogens with one attached hydrogen (secondary N) is 1. The number of benzene rings is 1. The predicted molar refractivity (Wildman–Crippen MR) is 80.9 cm³/mol. The first kappa shape index (κ1) is 15.0. The molecule has 0 spiro atoms. The van der Waals surface area contributed by atoms with Gasteiger partial charge in [0.15, 0.2) is 0 Å². The van der Waals surface area contributed by atoms with Gasteiger partial charge in [0.2, 0.25) is 11.8 Å². The third kappa shape index (κ3) is 3.20. The third-order valence-corrected chi connectivity index (χ3v) is 3.85. The second kappa shape index (κ2) is 5.56. The second-order valence-electron chi connectivity index (χ2n) is 6.14. The van der Waals surface area contributed by atoms with Crippen LogP contribution in [0.3, 0.4) is 0 Å². The van der Waals surface area contributed by atoms with Crippen molar-refractivity contribution < 1.29 is 9.59 Å². The third-order valence-electron chi connectivity index (χ3n) is 3.36. The topological polar surface area (TPSA) is 49.4 Å². The standard InChI is InChI=1S/C15H19BrN2O2/c1-15(2,3)13-14(20)17-8-12(19)18(13)9-10-5-4-6-11(16)7-10/h4-7,13H,8-9H2,1-3H3,(H,17,20). The van der Waals surface area contributed by atoms with E-state index in [1.807, 2.05) is 45.0 Å². The number of piperazine rings is 1. The molecule has 1 aliphatic rings. The van der Waals surface area contributed by atoms with Crippen LogP contribution in [0.5, 0.6) is 0 Å². The lowest BCUT2D eigenvalue weighted by Crippen LogP contribution is -2.62. The van der Waals surface area contributed by atoms with Gasteiger partial charge in [-0.15, -0.1) is 0 Å². The number of halogens is 1. The Hall–Kier alpha value is -1.36. The first-order valence-electron chi connectivity index (χ1n) is 6.60. The fourth-order valence-electron chi connectivity index (χ4n) is 2.52. The Bertz CT molecular complexity index is 537. The van der Waals surface area contributed by atoms with Gasteiger partial charge in [0, 0.05) is 11.0 Å². The van der Waals surface area contributed by atoms with Crippen LogP contribution < -0.4 is 5.32 Å². The molecule has 0 radical (unpaired) electrons. The van der Waals surface area contributed by atoms with Gasteiger partial charge in [-0.25, -0.2) is 0 Å². The average Bonchev–Trinajstić information content (AvgIpc) is 2.32. The molecule has 1 saturated heterocycles. The van der Waals surface area contributed by atoms with Crippen LogP contribution in [0.25, 0.3) is 0 Å². The Morgan fingerprint density at radius 2 is 2.05 bits per heavy atom. The molecule has 2 amide bonds. The van der Waals surface area contributed by atoms with Crippen LogP contribution in [0.1, 0.15) is 26.3 Å².